The molecule has 1 heterocycles. The van der Waals surface area contributed by atoms with Crippen LogP contribution in [0.15, 0.2) is 24.3 Å². The van der Waals surface area contributed by atoms with Crippen LogP contribution in [0.25, 0.3) is 0 Å². The highest BCUT2D eigenvalue weighted by Gasteiger charge is 2.23. The third-order valence-electron chi connectivity index (χ3n) is 4.80. The number of rotatable bonds is 7. The van der Waals surface area contributed by atoms with Gasteiger partial charge >= 0.3 is 0 Å². The van der Waals surface area contributed by atoms with E-state index in [0.717, 1.165) is 24.9 Å². The molecular weight excluding hydrogens is 348 g/mol. The van der Waals surface area contributed by atoms with Gasteiger partial charge < -0.3 is 5.32 Å². The minimum atomic E-state index is -3.16. The average Bonchev–Trinajstić information content (AvgIpc) is 2.59. The molecule has 1 aliphatic rings. The number of piperidine rings is 1. The first-order valence-corrected chi connectivity index (χ1v) is 11.2. The quantitative estimate of drug-likeness (QED) is 0.729. The molecule has 0 bridgehead atoms. The summed E-state index contributed by atoms with van der Waals surface area (Å²) in [6.07, 6.45) is 4.47. The smallest absolute Gasteiger partial charge is 0.224 e. The normalized spacial score (nSPS) is 16.4. The van der Waals surface area contributed by atoms with Gasteiger partial charge in [-0.05, 0) is 48.8 Å². The summed E-state index contributed by atoms with van der Waals surface area (Å²) in [5.41, 5.74) is 2.09. The summed E-state index contributed by atoms with van der Waals surface area (Å²) >= 11 is 0. The van der Waals surface area contributed by atoms with E-state index in [1.165, 1.54) is 5.56 Å². The third kappa shape index (κ3) is 6.40. The van der Waals surface area contributed by atoms with Gasteiger partial charge in [0.1, 0.15) is 0 Å². The van der Waals surface area contributed by atoms with Crippen LogP contribution in [-0.2, 0) is 20.2 Å². The lowest BCUT2D eigenvalue weighted by atomic mass is 9.87. The van der Waals surface area contributed by atoms with Gasteiger partial charge in [0.15, 0.2) is 0 Å². The van der Waals surface area contributed by atoms with Gasteiger partial charge in [0.25, 0.3) is 0 Å². The molecule has 1 aromatic carbocycles. The number of anilines is 1. The van der Waals surface area contributed by atoms with Crippen LogP contribution in [0.3, 0.4) is 0 Å². The van der Waals surface area contributed by atoms with Crippen LogP contribution in [0.5, 0.6) is 0 Å². The second-order valence-corrected chi connectivity index (χ2v) is 10.2. The lowest BCUT2D eigenvalue weighted by Crippen LogP contribution is -2.37. The Kier molecular flexibility index (Phi) is 7.24. The summed E-state index contributed by atoms with van der Waals surface area (Å²) in [5.74, 6) is 0.0736. The Hall–Kier alpha value is -1.40. The number of hydrogen-bond donors (Lipinski definition) is 1. The third-order valence-corrected chi connectivity index (χ3v) is 6.76. The van der Waals surface area contributed by atoms with Crippen molar-refractivity contribution in [2.75, 3.05) is 24.2 Å². The molecule has 1 amide bonds. The van der Waals surface area contributed by atoms with E-state index in [1.807, 2.05) is 24.3 Å². The fourth-order valence-electron chi connectivity index (χ4n) is 3.12. The van der Waals surface area contributed by atoms with Gasteiger partial charge in [0, 0.05) is 25.2 Å². The molecule has 6 heteroatoms. The highest BCUT2D eigenvalue weighted by atomic mass is 32.2. The Morgan fingerprint density at radius 2 is 1.65 bits per heavy atom. The average molecular weight is 381 g/mol. The Morgan fingerprint density at radius 3 is 2.23 bits per heavy atom. The van der Waals surface area contributed by atoms with Crippen LogP contribution in [0, 0.1) is 0 Å². The van der Waals surface area contributed by atoms with Crippen molar-refractivity contribution < 1.29 is 13.2 Å². The van der Waals surface area contributed by atoms with E-state index in [0.29, 0.717) is 32.4 Å². The standard InChI is InChI=1S/C20H32N2O3S/c1-20(2,3)17-10-12-18(13-11-17)21-19(23)9-5-8-16-26(24,25)22-14-6-4-7-15-22/h10-13H,4-9,14-16H2,1-3H3,(H,21,23). The molecule has 1 N–H and O–H groups in total. The van der Waals surface area contributed by atoms with E-state index in [9.17, 15) is 13.2 Å². The minimum Gasteiger partial charge on any atom is -0.326 e. The maximum absolute atomic E-state index is 12.3. The Bertz CT molecular complexity index is 685. The number of hydrogen-bond acceptors (Lipinski definition) is 3. The number of carbonyl (C=O) groups is 1. The number of unbranched alkanes of at least 4 members (excludes halogenated alkanes) is 1. The molecule has 0 aromatic heterocycles. The number of nitrogens with zero attached hydrogens (tertiary/aromatic N) is 1. The van der Waals surface area contributed by atoms with Gasteiger partial charge in [-0.3, -0.25) is 4.79 Å². The van der Waals surface area contributed by atoms with Gasteiger partial charge in [-0.25, -0.2) is 12.7 Å². The monoisotopic (exact) mass is 380 g/mol. The Morgan fingerprint density at radius 1 is 1.04 bits per heavy atom. The fraction of sp³-hybridized carbons (Fsp3) is 0.650. The minimum absolute atomic E-state index is 0.0659. The second kappa shape index (κ2) is 9.00. The van der Waals surface area contributed by atoms with Gasteiger partial charge in [0.05, 0.1) is 5.75 Å². The van der Waals surface area contributed by atoms with Crippen LogP contribution in [0.1, 0.15) is 64.9 Å². The number of nitrogens with one attached hydrogen (secondary N) is 1. The van der Waals surface area contributed by atoms with Gasteiger partial charge in [-0.15, -0.1) is 0 Å². The summed E-state index contributed by atoms with van der Waals surface area (Å²) in [5, 5.41) is 2.88. The maximum atomic E-state index is 12.3. The van der Waals surface area contributed by atoms with Crippen molar-refractivity contribution >= 4 is 21.6 Å². The molecule has 0 unspecified atom stereocenters. The van der Waals surface area contributed by atoms with E-state index < -0.39 is 10.0 Å². The molecular formula is C20H32N2O3S. The van der Waals surface area contributed by atoms with E-state index in [4.69, 9.17) is 0 Å². The summed E-state index contributed by atoms with van der Waals surface area (Å²) in [6.45, 7) is 7.75. The van der Waals surface area contributed by atoms with Crippen LogP contribution < -0.4 is 5.32 Å². The Labute approximate surface area is 158 Å². The number of benzene rings is 1. The van der Waals surface area contributed by atoms with Crippen LogP contribution in [-0.4, -0.2) is 37.5 Å². The highest BCUT2D eigenvalue weighted by Crippen LogP contribution is 2.23. The molecule has 1 fully saturated rings. The lowest BCUT2D eigenvalue weighted by molar-refractivity contribution is -0.116. The van der Waals surface area contributed by atoms with Crippen molar-refractivity contribution in [1.82, 2.24) is 4.31 Å². The van der Waals surface area contributed by atoms with Gasteiger partial charge in [-0.1, -0.05) is 39.3 Å². The van der Waals surface area contributed by atoms with Crippen molar-refractivity contribution in [3.63, 3.8) is 0 Å². The molecule has 146 valence electrons. The van der Waals surface area contributed by atoms with E-state index >= 15 is 0 Å². The van der Waals surface area contributed by atoms with E-state index in [2.05, 4.69) is 26.1 Å². The molecule has 26 heavy (non-hydrogen) atoms. The zero-order valence-corrected chi connectivity index (χ0v) is 17.1. The molecule has 0 aliphatic carbocycles. The Balaban J connectivity index is 1.72. The molecule has 1 saturated heterocycles. The SMILES string of the molecule is CC(C)(C)c1ccc(NC(=O)CCCCS(=O)(=O)N2CCCCC2)cc1. The predicted molar refractivity (Wildman–Crippen MR) is 107 cm³/mol. The van der Waals surface area contributed by atoms with Crippen molar-refractivity contribution in [3.05, 3.63) is 29.8 Å². The first-order chi connectivity index (χ1) is 12.2. The first kappa shape index (κ1) is 20.9. The number of carbonyl (C=O) groups excluding carboxylic acids is 1. The van der Waals surface area contributed by atoms with Crippen LogP contribution >= 0.6 is 0 Å². The number of amides is 1. The number of sulfonamides is 1. The van der Waals surface area contributed by atoms with E-state index in [-0.39, 0.29) is 17.1 Å². The zero-order valence-electron chi connectivity index (χ0n) is 16.3. The van der Waals surface area contributed by atoms with Crippen molar-refractivity contribution in [2.24, 2.45) is 0 Å². The summed E-state index contributed by atoms with van der Waals surface area (Å²) in [7, 11) is -3.16. The van der Waals surface area contributed by atoms with Crippen molar-refractivity contribution in [2.45, 2.75) is 64.7 Å². The van der Waals surface area contributed by atoms with E-state index in [1.54, 1.807) is 4.31 Å². The molecule has 0 saturated carbocycles. The zero-order chi connectivity index (χ0) is 19.2. The lowest BCUT2D eigenvalue weighted by Gasteiger charge is -2.25. The molecule has 2 rings (SSSR count). The summed E-state index contributed by atoms with van der Waals surface area (Å²) < 4.78 is 26.1. The van der Waals surface area contributed by atoms with Crippen molar-refractivity contribution in [3.8, 4) is 0 Å². The van der Waals surface area contributed by atoms with Crippen LogP contribution in [0.2, 0.25) is 0 Å². The summed E-state index contributed by atoms with van der Waals surface area (Å²) in [6, 6.07) is 7.89. The largest absolute Gasteiger partial charge is 0.326 e. The fourth-order valence-corrected chi connectivity index (χ4v) is 4.76. The molecule has 0 spiro atoms. The topological polar surface area (TPSA) is 66.5 Å². The van der Waals surface area contributed by atoms with Crippen LogP contribution in [0.4, 0.5) is 5.69 Å². The molecule has 0 atom stereocenters. The van der Waals surface area contributed by atoms with Gasteiger partial charge in [-0.2, -0.15) is 0 Å². The van der Waals surface area contributed by atoms with Crippen molar-refractivity contribution in [1.29, 1.82) is 0 Å². The second-order valence-electron chi connectivity index (χ2n) is 8.11. The van der Waals surface area contributed by atoms with Gasteiger partial charge in [0.2, 0.25) is 15.9 Å². The highest BCUT2D eigenvalue weighted by molar-refractivity contribution is 7.89. The maximum Gasteiger partial charge on any atom is 0.224 e. The molecule has 0 radical (unpaired) electrons. The predicted octanol–water partition coefficient (Wildman–Crippen LogP) is 3.91. The molecule has 5 nitrogen and oxygen atoms in total. The summed E-state index contributed by atoms with van der Waals surface area (Å²) in [4.78, 5) is 12.0. The molecule has 1 aliphatic heterocycles. The molecule has 1 aromatic rings. The first-order valence-electron chi connectivity index (χ1n) is 9.57.